The fraction of sp³-hybridized carbons (Fsp3) is 0.300. The van der Waals surface area contributed by atoms with Gasteiger partial charge in [0.1, 0.15) is 5.25 Å². The van der Waals surface area contributed by atoms with Gasteiger partial charge in [0.15, 0.2) is 0 Å². The predicted molar refractivity (Wildman–Crippen MR) is 104 cm³/mol. The second-order valence-electron chi connectivity index (χ2n) is 6.48. The van der Waals surface area contributed by atoms with Gasteiger partial charge in [-0.05, 0) is 42.7 Å². The van der Waals surface area contributed by atoms with Crippen molar-refractivity contribution in [3.8, 4) is 0 Å². The average molecular weight is 369 g/mol. The molecule has 26 heavy (non-hydrogen) atoms. The van der Waals surface area contributed by atoms with Crippen molar-refractivity contribution in [2.24, 2.45) is 11.7 Å². The number of nitrogens with zero attached hydrogens (tertiary/aromatic N) is 1. The van der Waals surface area contributed by atoms with Gasteiger partial charge in [-0.2, -0.15) is 0 Å². The summed E-state index contributed by atoms with van der Waals surface area (Å²) in [6.07, 6.45) is 1.27. The Hall–Kier alpha value is -2.47. The van der Waals surface area contributed by atoms with Crippen molar-refractivity contribution in [1.29, 1.82) is 0 Å². The van der Waals surface area contributed by atoms with Crippen LogP contribution in [0.4, 0.5) is 5.69 Å². The largest absolute Gasteiger partial charge is 0.399 e. The number of hydrogen-bond donors (Lipinski definition) is 2. The van der Waals surface area contributed by atoms with Crippen molar-refractivity contribution < 1.29 is 9.59 Å². The highest BCUT2D eigenvalue weighted by atomic mass is 32.2. The van der Waals surface area contributed by atoms with Crippen LogP contribution in [-0.2, 0) is 9.59 Å². The number of nitrogens with two attached hydrogens (primary N) is 2. The number of amides is 2. The average Bonchev–Trinajstić information content (AvgIpc) is 2.68. The Morgan fingerprint density at radius 3 is 2.19 bits per heavy atom. The van der Waals surface area contributed by atoms with E-state index in [9.17, 15) is 9.59 Å². The summed E-state index contributed by atoms with van der Waals surface area (Å²) >= 11 is 1.52. The molecule has 1 saturated heterocycles. The maximum absolute atomic E-state index is 13.2. The smallest absolute Gasteiger partial charge is 0.240 e. The number of thioether (sulfide) groups is 1. The monoisotopic (exact) mass is 369 g/mol. The van der Waals surface area contributed by atoms with Gasteiger partial charge in [-0.3, -0.25) is 9.59 Å². The Morgan fingerprint density at radius 2 is 1.62 bits per heavy atom. The van der Waals surface area contributed by atoms with Gasteiger partial charge >= 0.3 is 0 Å². The van der Waals surface area contributed by atoms with E-state index in [1.54, 1.807) is 0 Å². The molecule has 1 heterocycles. The molecule has 0 radical (unpaired) electrons. The quantitative estimate of drug-likeness (QED) is 0.626. The van der Waals surface area contributed by atoms with Crippen molar-refractivity contribution in [1.82, 2.24) is 4.90 Å². The predicted octanol–water partition coefficient (Wildman–Crippen LogP) is 2.83. The van der Waals surface area contributed by atoms with Crippen LogP contribution in [0.2, 0.25) is 0 Å². The van der Waals surface area contributed by atoms with Gasteiger partial charge in [0.25, 0.3) is 0 Å². The molecule has 136 valence electrons. The minimum absolute atomic E-state index is 0.0703. The maximum atomic E-state index is 13.2. The van der Waals surface area contributed by atoms with E-state index in [0.717, 1.165) is 10.5 Å². The zero-order chi connectivity index (χ0) is 18.5. The Balaban J connectivity index is 1.78. The standard InChI is InChI=1S/C20H23N3O2S/c21-16-6-8-17(9-7-16)26-18(14-4-2-1-3-5-14)20(25)23-12-10-15(11-13-23)19(22)24/h1-9,15,18H,10-13,21H2,(H2,22,24). The maximum Gasteiger partial charge on any atom is 0.240 e. The molecular weight excluding hydrogens is 346 g/mol. The van der Waals surface area contributed by atoms with E-state index >= 15 is 0 Å². The van der Waals surface area contributed by atoms with Crippen LogP contribution in [0.1, 0.15) is 23.7 Å². The lowest BCUT2D eigenvalue weighted by Crippen LogP contribution is -2.43. The molecule has 0 bridgehead atoms. The number of piperidine rings is 1. The molecule has 1 fully saturated rings. The number of hydrogen-bond acceptors (Lipinski definition) is 4. The Kier molecular flexibility index (Phi) is 5.83. The molecule has 1 aliphatic rings. The number of nitrogen functional groups attached to an aromatic ring is 1. The molecule has 1 atom stereocenters. The van der Waals surface area contributed by atoms with Crippen LogP contribution in [0.15, 0.2) is 59.5 Å². The summed E-state index contributed by atoms with van der Waals surface area (Å²) < 4.78 is 0. The summed E-state index contributed by atoms with van der Waals surface area (Å²) in [5.74, 6) is -0.326. The Labute approximate surface area is 157 Å². The lowest BCUT2D eigenvalue weighted by Gasteiger charge is -2.33. The number of rotatable bonds is 5. The first-order chi connectivity index (χ1) is 12.5. The van der Waals surface area contributed by atoms with Crippen LogP contribution in [0.3, 0.4) is 0 Å². The normalized spacial score (nSPS) is 16.2. The molecule has 2 aromatic rings. The van der Waals surface area contributed by atoms with E-state index in [1.165, 1.54) is 11.8 Å². The Morgan fingerprint density at radius 1 is 1.00 bits per heavy atom. The summed E-state index contributed by atoms with van der Waals surface area (Å²) in [6.45, 7) is 1.14. The molecule has 3 rings (SSSR count). The second kappa shape index (κ2) is 8.27. The zero-order valence-corrected chi connectivity index (χ0v) is 15.3. The lowest BCUT2D eigenvalue weighted by molar-refractivity contribution is -0.134. The van der Waals surface area contributed by atoms with Crippen LogP contribution in [0.25, 0.3) is 0 Å². The third-order valence-corrected chi connectivity index (χ3v) is 5.92. The molecule has 2 aromatic carbocycles. The van der Waals surface area contributed by atoms with E-state index in [2.05, 4.69) is 0 Å². The van der Waals surface area contributed by atoms with Crippen molar-refractivity contribution in [2.75, 3.05) is 18.8 Å². The molecule has 1 unspecified atom stereocenters. The molecule has 5 nitrogen and oxygen atoms in total. The van der Waals surface area contributed by atoms with Gasteiger partial charge in [-0.15, -0.1) is 11.8 Å². The fourth-order valence-electron chi connectivity index (χ4n) is 3.12. The van der Waals surface area contributed by atoms with Crippen molar-refractivity contribution >= 4 is 29.3 Å². The first-order valence-electron chi connectivity index (χ1n) is 8.70. The molecule has 1 aliphatic heterocycles. The molecular formula is C20H23N3O2S. The number of benzene rings is 2. The zero-order valence-electron chi connectivity index (χ0n) is 14.5. The highest BCUT2D eigenvalue weighted by Gasteiger charge is 2.31. The van der Waals surface area contributed by atoms with Crippen LogP contribution in [-0.4, -0.2) is 29.8 Å². The topological polar surface area (TPSA) is 89.4 Å². The van der Waals surface area contributed by atoms with Gasteiger partial charge in [-0.25, -0.2) is 0 Å². The molecule has 2 amide bonds. The summed E-state index contributed by atoms with van der Waals surface area (Å²) in [5, 5.41) is -0.329. The molecule has 4 N–H and O–H groups in total. The van der Waals surface area contributed by atoms with E-state index in [-0.39, 0.29) is 23.0 Å². The number of primary amides is 1. The molecule has 0 saturated carbocycles. The van der Waals surface area contributed by atoms with Gasteiger partial charge in [0.05, 0.1) is 0 Å². The Bertz CT molecular complexity index is 756. The van der Waals surface area contributed by atoms with Crippen molar-refractivity contribution in [3.63, 3.8) is 0 Å². The van der Waals surface area contributed by atoms with Crippen LogP contribution in [0.5, 0.6) is 0 Å². The number of likely N-dealkylation sites (tertiary alicyclic amines) is 1. The molecule has 0 aromatic heterocycles. The van der Waals surface area contributed by atoms with Crippen molar-refractivity contribution in [2.45, 2.75) is 23.0 Å². The highest BCUT2D eigenvalue weighted by molar-refractivity contribution is 8.00. The van der Waals surface area contributed by atoms with E-state index in [1.807, 2.05) is 59.5 Å². The van der Waals surface area contributed by atoms with Gasteiger partial charge in [-0.1, -0.05) is 30.3 Å². The second-order valence-corrected chi connectivity index (χ2v) is 7.66. The summed E-state index contributed by atoms with van der Waals surface area (Å²) in [7, 11) is 0. The van der Waals surface area contributed by atoms with Gasteiger partial charge in [0, 0.05) is 29.6 Å². The van der Waals surface area contributed by atoms with Crippen molar-refractivity contribution in [3.05, 3.63) is 60.2 Å². The van der Waals surface area contributed by atoms with Crippen LogP contribution in [0, 0.1) is 5.92 Å². The van der Waals surface area contributed by atoms with E-state index in [4.69, 9.17) is 11.5 Å². The fourth-order valence-corrected chi connectivity index (χ4v) is 4.23. The summed E-state index contributed by atoms with van der Waals surface area (Å²) in [4.78, 5) is 27.4. The third kappa shape index (κ3) is 4.38. The minimum atomic E-state index is -0.329. The van der Waals surface area contributed by atoms with E-state index in [0.29, 0.717) is 31.6 Å². The van der Waals surface area contributed by atoms with Gasteiger partial charge in [0.2, 0.25) is 11.8 Å². The third-order valence-electron chi connectivity index (χ3n) is 4.67. The minimum Gasteiger partial charge on any atom is -0.399 e. The lowest BCUT2D eigenvalue weighted by atomic mass is 9.96. The first kappa shape index (κ1) is 18.3. The summed E-state index contributed by atoms with van der Waals surface area (Å²) in [5.41, 5.74) is 12.8. The van der Waals surface area contributed by atoms with E-state index < -0.39 is 0 Å². The SMILES string of the molecule is NC(=O)C1CCN(C(=O)C(Sc2ccc(N)cc2)c2ccccc2)CC1. The van der Waals surface area contributed by atoms with Gasteiger partial charge < -0.3 is 16.4 Å². The number of carbonyl (C=O) groups is 2. The molecule has 0 spiro atoms. The molecule has 6 heteroatoms. The van der Waals surface area contributed by atoms with Crippen LogP contribution >= 0.6 is 11.8 Å². The van der Waals surface area contributed by atoms with Crippen LogP contribution < -0.4 is 11.5 Å². The summed E-state index contributed by atoms with van der Waals surface area (Å²) in [6, 6.07) is 17.3. The number of carbonyl (C=O) groups excluding carboxylic acids is 2. The number of anilines is 1. The first-order valence-corrected chi connectivity index (χ1v) is 9.58. The highest BCUT2D eigenvalue weighted by Crippen LogP contribution is 2.37. The molecule has 0 aliphatic carbocycles.